The molecule has 3 atom stereocenters. The fourth-order valence-electron chi connectivity index (χ4n) is 6.19. The third-order valence-corrected chi connectivity index (χ3v) is 11.4. The number of ether oxygens (including phenoxy) is 1. The zero-order valence-electron chi connectivity index (χ0n) is 26.5. The van der Waals surface area contributed by atoms with Crippen molar-refractivity contribution in [3.63, 3.8) is 0 Å². The van der Waals surface area contributed by atoms with Crippen LogP contribution in [0.15, 0.2) is 82.6 Å². The van der Waals surface area contributed by atoms with Gasteiger partial charge in [-0.3, -0.25) is 23.7 Å². The number of hydrogen-bond acceptors (Lipinski definition) is 9. The van der Waals surface area contributed by atoms with E-state index in [2.05, 4.69) is 24.1 Å². The highest BCUT2D eigenvalue weighted by Crippen LogP contribution is 2.54. The number of fused-ring (bicyclic) bond motifs is 2. The lowest BCUT2D eigenvalue weighted by atomic mass is 9.83. The first-order valence-electron chi connectivity index (χ1n) is 15.6. The van der Waals surface area contributed by atoms with Gasteiger partial charge in [-0.05, 0) is 87.0 Å². The van der Waals surface area contributed by atoms with Gasteiger partial charge < -0.3 is 15.0 Å². The second-order valence-electron chi connectivity index (χ2n) is 11.3. The Morgan fingerprint density at radius 2 is 1.56 bits per heavy atom. The van der Waals surface area contributed by atoms with Gasteiger partial charge in [0.1, 0.15) is 11.8 Å². The summed E-state index contributed by atoms with van der Waals surface area (Å²) in [6, 6.07) is 20.7. The van der Waals surface area contributed by atoms with Crippen LogP contribution >= 0.6 is 34.7 Å². The Morgan fingerprint density at radius 3 is 2.19 bits per heavy atom. The molecule has 0 bridgehead atoms. The molecular weight excluding hydrogens is 672 g/mol. The lowest BCUT2D eigenvalue weighted by Crippen LogP contribution is -2.33. The van der Waals surface area contributed by atoms with Crippen molar-refractivity contribution >= 4 is 75.5 Å². The molecule has 0 aliphatic carbocycles. The topological polar surface area (TPSA) is 118 Å². The predicted molar refractivity (Wildman–Crippen MR) is 189 cm³/mol. The minimum atomic E-state index is -0.846. The Bertz CT molecular complexity index is 1920. The quantitative estimate of drug-likeness (QED) is 0.157. The van der Waals surface area contributed by atoms with Crippen LogP contribution < -0.4 is 20.0 Å². The number of thioether (sulfide) groups is 1. The maximum absolute atomic E-state index is 14.3. The van der Waals surface area contributed by atoms with Crippen molar-refractivity contribution in [1.82, 2.24) is 4.57 Å². The van der Waals surface area contributed by atoms with Crippen molar-refractivity contribution in [2.45, 2.75) is 43.5 Å². The molecule has 3 amide bonds. The van der Waals surface area contributed by atoms with E-state index in [1.54, 1.807) is 43.3 Å². The zero-order valence-corrected chi connectivity index (χ0v) is 28.9. The summed E-state index contributed by atoms with van der Waals surface area (Å²) >= 11 is 8.12. The van der Waals surface area contributed by atoms with Crippen LogP contribution in [0.2, 0.25) is 5.02 Å². The Labute approximate surface area is 290 Å². The number of anilines is 3. The minimum absolute atomic E-state index is 0.222. The SMILES string of the molecule is CCOC(=O)c1ccc(N2C(=O)[C@H]3[C@H](c4ccc(N(CC)CC)cc4)c4sc(=O)n(CC(=O)Nc5ccc(Cl)cc5)c4S[C@H]3C2=O)cc1. The van der Waals surface area contributed by atoms with Gasteiger partial charge in [0.25, 0.3) is 0 Å². The van der Waals surface area contributed by atoms with Crippen LogP contribution in [0.4, 0.5) is 17.1 Å². The van der Waals surface area contributed by atoms with Gasteiger partial charge in [-0.1, -0.05) is 46.8 Å². The highest BCUT2D eigenvalue weighted by molar-refractivity contribution is 8.00. The van der Waals surface area contributed by atoms with Crippen molar-refractivity contribution < 1.29 is 23.9 Å². The lowest BCUT2D eigenvalue weighted by molar-refractivity contribution is -0.122. The molecule has 6 rings (SSSR count). The smallest absolute Gasteiger partial charge is 0.338 e. The van der Waals surface area contributed by atoms with Gasteiger partial charge in [0.2, 0.25) is 17.7 Å². The number of aromatic nitrogens is 1. The fraction of sp³-hybridized carbons (Fsp3) is 0.286. The molecule has 48 heavy (non-hydrogen) atoms. The van der Waals surface area contributed by atoms with E-state index in [4.69, 9.17) is 16.3 Å². The van der Waals surface area contributed by atoms with E-state index < -0.39 is 40.8 Å². The largest absolute Gasteiger partial charge is 0.462 e. The minimum Gasteiger partial charge on any atom is -0.462 e. The number of carbonyl (C=O) groups is 4. The zero-order chi connectivity index (χ0) is 34.1. The number of carbonyl (C=O) groups excluding carboxylic acids is 4. The highest BCUT2D eigenvalue weighted by Gasteiger charge is 2.56. The molecule has 2 aliphatic heterocycles. The molecule has 2 aliphatic rings. The van der Waals surface area contributed by atoms with Crippen LogP contribution in [-0.4, -0.2) is 53.2 Å². The van der Waals surface area contributed by atoms with Gasteiger partial charge >= 0.3 is 10.8 Å². The van der Waals surface area contributed by atoms with Crippen molar-refractivity contribution in [3.05, 3.63) is 103 Å². The summed E-state index contributed by atoms with van der Waals surface area (Å²) < 4.78 is 6.46. The van der Waals surface area contributed by atoms with Gasteiger partial charge in [0, 0.05) is 40.3 Å². The normalized spacial score (nSPS) is 18.3. The van der Waals surface area contributed by atoms with E-state index in [1.807, 2.05) is 24.3 Å². The molecule has 3 aromatic carbocycles. The Hall–Kier alpha value is -4.39. The molecule has 1 N–H and O–H groups in total. The number of imide groups is 1. The van der Waals surface area contributed by atoms with E-state index in [0.717, 1.165) is 47.4 Å². The number of hydrogen-bond donors (Lipinski definition) is 1. The van der Waals surface area contributed by atoms with Crippen LogP contribution in [0.3, 0.4) is 0 Å². The van der Waals surface area contributed by atoms with Crippen LogP contribution in [-0.2, 0) is 25.7 Å². The highest BCUT2D eigenvalue weighted by atomic mass is 35.5. The monoisotopic (exact) mass is 704 g/mol. The van der Waals surface area contributed by atoms with Crippen LogP contribution in [0.25, 0.3) is 0 Å². The maximum atomic E-state index is 14.3. The fourth-order valence-corrected chi connectivity index (χ4v) is 9.09. The molecular formula is C35H33ClN4O6S2. The molecule has 0 spiro atoms. The molecule has 1 fully saturated rings. The summed E-state index contributed by atoms with van der Waals surface area (Å²) in [4.78, 5) is 70.9. The standard InChI is InChI=1S/C35H33ClN4O6S2/c1-4-38(5-2)24-15-7-20(8-16-24)27-28-29(32(43)40(31(28)42)25-17-9-21(10-18-25)34(44)46-6-3)47-33-30(27)48-35(45)39(33)19-26(41)37-23-13-11-22(36)12-14-23/h7-18,27-29H,4-6,19H2,1-3H3,(H,37,41)/t27-,28-,29+/m0/s1. The van der Waals surface area contributed by atoms with E-state index in [-0.39, 0.29) is 18.0 Å². The van der Waals surface area contributed by atoms with E-state index in [9.17, 15) is 24.0 Å². The third-order valence-electron chi connectivity index (χ3n) is 8.50. The second-order valence-corrected chi connectivity index (χ2v) is 13.8. The summed E-state index contributed by atoms with van der Waals surface area (Å²) in [7, 11) is 0. The number of nitrogens with one attached hydrogen (secondary N) is 1. The third kappa shape index (κ3) is 6.27. The molecule has 1 aromatic heterocycles. The van der Waals surface area contributed by atoms with Crippen molar-refractivity contribution in [2.24, 2.45) is 5.92 Å². The summed E-state index contributed by atoms with van der Waals surface area (Å²) in [6.07, 6.45) is 0. The van der Waals surface area contributed by atoms with E-state index in [1.165, 1.54) is 21.6 Å². The summed E-state index contributed by atoms with van der Waals surface area (Å²) in [5.41, 5.74) is 2.99. The molecule has 13 heteroatoms. The first-order valence-corrected chi connectivity index (χ1v) is 17.7. The van der Waals surface area contributed by atoms with Crippen LogP contribution in [0, 0.1) is 5.92 Å². The predicted octanol–water partition coefficient (Wildman–Crippen LogP) is 6.02. The molecule has 0 saturated carbocycles. The Morgan fingerprint density at radius 1 is 0.896 bits per heavy atom. The van der Waals surface area contributed by atoms with Gasteiger partial charge in [0.05, 0.1) is 28.8 Å². The number of nitrogens with zero attached hydrogens (tertiary/aromatic N) is 3. The first kappa shape index (κ1) is 33.5. The van der Waals surface area contributed by atoms with Crippen LogP contribution in [0.5, 0.6) is 0 Å². The van der Waals surface area contributed by atoms with Gasteiger partial charge in [-0.15, -0.1) is 0 Å². The maximum Gasteiger partial charge on any atom is 0.338 e. The second kappa shape index (κ2) is 14.0. The molecule has 1 saturated heterocycles. The van der Waals surface area contributed by atoms with Crippen molar-refractivity contribution in [1.29, 1.82) is 0 Å². The molecule has 10 nitrogen and oxygen atoms in total. The average Bonchev–Trinajstić information content (AvgIpc) is 3.53. The van der Waals surface area contributed by atoms with Crippen molar-refractivity contribution in [3.8, 4) is 0 Å². The number of halogens is 1. The molecule has 0 unspecified atom stereocenters. The lowest BCUT2D eigenvalue weighted by Gasteiger charge is -2.31. The Kier molecular flexibility index (Phi) is 9.77. The van der Waals surface area contributed by atoms with Gasteiger partial charge in [0.15, 0.2) is 0 Å². The number of esters is 1. The average molecular weight is 705 g/mol. The summed E-state index contributed by atoms with van der Waals surface area (Å²) in [6.45, 7) is 7.46. The number of thiazole rings is 1. The summed E-state index contributed by atoms with van der Waals surface area (Å²) in [5, 5.41) is 2.97. The Balaban J connectivity index is 1.38. The number of rotatable bonds is 10. The van der Waals surface area contributed by atoms with Gasteiger partial charge in [-0.25, -0.2) is 9.69 Å². The molecule has 0 radical (unpaired) electrons. The first-order chi connectivity index (χ1) is 23.1. The van der Waals surface area contributed by atoms with Crippen LogP contribution in [0.1, 0.15) is 47.5 Å². The van der Waals surface area contributed by atoms with Crippen molar-refractivity contribution in [2.75, 3.05) is 34.8 Å². The van der Waals surface area contributed by atoms with E-state index in [0.29, 0.717) is 31.9 Å². The van der Waals surface area contributed by atoms with Gasteiger partial charge in [-0.2, -0.15) is 0 Å². The summed E-state index contributed by atoms with van der Waals surface area (Å²) in [5.74, 6) is -3.13. The molecule has 3 heterocycles. The number of benzene rings is 3. The van der Waals surface area contributed by atoms with E-state index >= 15 is 0 Å². The number of amides is 3. The molecule has 248 valence electrons. The molecule has 4 aromatic rings.